The maximum atomic E-state index is 13.0. The lowest BCUT2D eigenvalue weighted by Gasteiger charge is -2.31. The monoisotopic (exact) mass is 382 g/mol. The molecular weight excluding hydrogens is 368 g/mol. The number of carbonyl (C=O) groups is 1. The summed E-state index contributed by atoms with van der Waals surface area (Å²) in [5.41, 5.74) is -0.198. The highest BCUT2D eigenvalue weighted by molar-refractivity contribution is 6.52. The Balaban J connectivity index is 1.88. The highest BCUT2D eigenvalue weighted by Gasteiger charge is 2.56. The molecule has 1 aromatic carbocycles. The molecular formula is C15H15Cl2F3N2O2. The Hall–Kier alpha value is -1.18. The summed E-state index contributed by atoms with van der Waals surface area (Å²) >= 11 is 11.7. The predicted molar refractivity (Wildman–Crippen MR) is 85.6 cm³/mol. The lowest BCUT2D eigenvalue weighted by atomic mass is 10.1. The fourth-order valence-corrected chi connectivity index (χ4v) is 3.12. The van der Waals surface area contributed by atoms with Gasteiger partial charge in [0.15, 0.2) is 0 Å². The highest BCUT2D eigenvalue weighted by atomic mass is 35.5. The summed E-state index contributed by atoms with van der Waals surface area (Å²) in [5, 5.41) is 2.55. The van der Waals surface area contributed by atoms with Gasteiger partial charge in [-0.2, -0.15) is 13.2 Å². The van der Waals surface area contributed by atoms with Crippen LogP contribution in [0.15, 0.2) is 18.2 Å². The van der Waals surface area contributed by atoms with E-state index < -0.39 is 27.9 Å². The van der Waals surface area contributed by atoms with Gasteiger partial charge in [-0.15, -0.1) is 23.2 Å². The molecule has 1 saturated heterocycles. The van der Waals surface area contributed by atoms with Crippen LogP contribution in [0.4, 0.5) is 24.5 Å². The van der Waals surface area contributed by atoms with Crippen molar-refractivity contribution < 1.29 is 22.7 Å². The number of hydrogen-bond donors (Lipinski definition) is 1. The molecule has 2 fully saturated rings. The zero-order valence-electron chi connectivity index (χ0n) is 12.5. The third-order valence-electron chi connectivity index (χ3n) is 4.08. The van der Waals surface area contributed by atoms with Crippen LogP contribution in [0.1, 0.15) is 12.0 Å². The second-order valence-corrected chi connectivity index (χ2v) is 7.38. The van der Waals surface area contributed by atoms with Crippen molar-refractivity contribution in [1.29, 1.82) is 0 Å². The van der Waals surface area contributed by atoms with Crippen molar-refractivity contribution in [2.75, 3.05) is 36.5 Å². The van der Waals surface area contributed by atoms with E-state index in [4.69, 9.17) is 27.9 Å². The van der Waals surface area contributed by atoms with Crippen molar-refractivity contribution in [3.63, 3.8) is 0 Å². The van der Waals surface area contributed by atoms with E-state index in [-0.39, 0.29) is 12.1 Å². The number of nitrogens with zero attached hydrogens (tertiary/aromatic N) is 1. The van der Waals surface area contributed by atoms with Crippen LogP contribution in [0.2, 0.25) is 0 Å². The molecule has 3 rings (SSSR count). The number of benzene rings is 1. The molecule has 9 heteroatoms. The van der Waals surface area contributed by atoms with Crippen LogP contribution in [-0.4, -0.2) is 36.5 Å². The normalized spacial score (nSPS) is 23.0. The first-order chi connectivity index (χ1) is 11.2. The molecule has 1 aliphatic heterocycles. The van der Waals surface area contributed by atoms with Crippen molar-refractivity contribution in [2.45, 2.75) is 16.9 Å². The van der Waals surface area contributed by atoms with E-state index in [9.17, 15) is 18.0 Å². The first-order valence-corrected chi connectivity index (χ1v) is 8.17. The Morgan fingerprint density at radius 1 is 1.29 bits per heavy atom. The van der Waals surface area contributed by atoms with Crippen LogP contribution in [0, 0.1) is 5.92 Å². The average Bonchev–Trinajstić information content (AvgIpc) is 3.16. The molecule has 1 aromatic rings. The number of amides is 1. The van der Waals surface area contributed by atoms with E-state index in [0.717, 1.165) is 12.1 Å². The summed E-state index contributed by atoms with van der Waals surface area (Å²) in [5.74, 6) is -1.10. The molecule has 1 unspecified atom stereocenters. The second kappa shape index (κ2) is 6.28. The second-order valence-electron chi connectivity index (χ2n) is 5.84. The van der Waals surface area contributed by atoms with Gasteiger partial charge in [0.2, 0.25) is 5.91 Å². The van der Waals surface area contributed by atoms with Crippen molar-refractivity contribution in [2.24, 2.45) is 5.92 Å². The number of halogens is 5. The standard InChI is InChI=1S/C15H15Cl2F3N2O2/c16-14(17)8-10(14)13(23)21-11-7-9(15(18,19)20)1-2-12(11)22-3-5-24-6-4-22/h1-2,7,10H,3-6,8H2,(H,21,23). The third-order valence-corrected chi connectivity index (χ3v) is 4.91. The number of ether oxygens (including phenoxy) is 1. The minimum Gasteiger partial charge on any atom is -0.378 e. The molecule has 1 aliphatic carbocycles. The van der Waals surface area contributed by atoms with Crippen LogP contribution < -0.4 is 10.2 Å². The molecule has 1 heterocycles. The summed E-state index contributed by atoms with van der Waals surface area (Å²) < 4.78 is 43.1. The lowest BCUT2D eigenvalue weighted by Crippen LogP contribution is -2.37. The van der Waals surface area contributed by atoms with Crippen molar-refractivity contribution in [3.05, 3.63) is 23.8 Å². The first-order valence-electron chi connectivity index (χ1n) is 7.41. The number of carbonyl (C=O) groups excluding carboxylic acids is 1. The number of anilines is 2. The smallest absolute Gasteiger partial charge is 0.378 e. The fraction of sp³-hybridized carbons (Fsp3) is 0.533. The predicted octanol–water partition coefficient (Wildman–Crippen LogP) is 3.67. The van der Waals surface area contributed by atoms with Gasteiger partial charge in [-0.1, -0.05) is 0 Å². The number of rotatable bonds is 3. The number of alkyl halides is 5. The molecule has 0 bridgehead atoms. The molecule has 1 amide bonds. The van der Waals surface area contributed by atoms with Gasteiger partial charge in [0.25, 0.3) is 0 Å². The Morgan fingerprint density at radius 2 is 1.92 bits per heavy atom. The van der Waals surface area contributed by atoms with E-state index in [0.29, 0.717) is 32.0 Å². The van der Waals surface area contributed by atoms with Crippen LogP contribution >= 0.6 is 23.2 Å². The molecule has 132 valence electrons. The van der Waals surface area contributed by atoms with Gasteiger partial charge >= 0.3 is 6.18 Å². The van der Waals surface area contributed by atoms with Gasteiger partial charge < -0.3 is 15.0 Å². The van der Waals surface area contributed by atoms with Crippen LogP contribution in [0.25, 0.3) is 0 Å². The minimum atomic E-state index is -4.49. The zero-order valence-corrected chi connectivity index (χ0v) is 14.0. The topological polar surface area (TPSA) is 41.6 Å². The highest BCUT2D eigenvalue weighted by Crippen LogP contribution is 2.53. The van der Waals surface area contributed by atoms with Gasteiger partial charge in [-0.25, -0.2) is 0 Å². The first kappa shape index (κ1) is 17.6. The molecule has 0 radical (unpaired) electrons. The summed E-state index contributed by atoms with van der Waals surface area (Å²) in [6.45, 7) is 2.02. The Morgan fingerprint density at radius 3 is 2.46 bits per heavy atom. The molecule has 1 atom stereocenters. The zero-order chi connectivity index (χ0) is 17.5. The van der Waals surface area contributed by atoms with E-state index in [1.807, 2.05) is 4.90 Å². The maximum Gasteiger partial charge on any atom is 0.416 e. The summed E-state index contributed by atoms with van der Waals surface area (Å²) in [4.78, 5) is 14.1. The average molecular weight is 383 g/mol. The molecule has 24 heavy (non-hydrogen) atoms. The SMILES string of the molecule is O=C(Nc1cc(C(F)(F)F)ccc1N1CCOCC1)C1CC1(Cl)Cl. The Bertz CT molecular complexity index is 646. The lowest BCUT2D eigenvalue weighted by molar-refractivity contribution is -0.137. The molecule has 4 nitrogen and oxygen atoms in total. The summed E-state index contributed by atoms with van der Waals surface area (Å²) in [7, 11) is 0. The van der Waals surface area contributed by atoms with E-state index in [1.54, 1.807) is 0 Å². The van der Waals surface area contributed by atoms with Gasteiger partial charge in [-0.05, 0) is 24.6 Å². The molecule has 0 aromatic heterocycles. The Kier molecular flexibility index (Phi) is 4.61. The molecule has 0 spiro atoms. The molecule has 1 saturated carbocycles. The van der Waals surface area contributed by atoms with E-state index >= 15 is 0 Å². The van der Waals surface area contributed by atoms with Crippen LogP contribution in [0.3, 0.4) is 0 Å². The number of morpholine rings is 1. The minimum absolute atomic E-state index is 0.104. The fourth-order valence-electron chi connectivity index (χ4n) is 2.61. The van der Waals surface area contributed by atoms with Crippen molar-refractivity contribution in [1.82, 2.24) is 0 Å². The van der Waals surface area contributed by atoms with Crippen molar-refractivity contribution in [3.8, 4) is 0 Å². The summed E-state index contributed by atoms with van der Waals surface area (Å²) in [6.07, 6.45) is -4.21. The summed E-state index contributed by atoms with van der Waals surface area (Å²) in [6, 6.07) is 3.31. The van der Waals surface area contributed by atoms with Gasteiger partial charge in [0.1, 0.15) is 4.33 Å². The quantitative estimate of drug-likeness (QED) is 0.810. The van der Waals surface area contributed by atoms with Crippen molar-refractivity contribution >= 4 is 40.5 Å². The largest absolute Gasteiger partial charge is 0.416 e. The van der Waals surface area contributed by atoms with Gasteiger partial charge in [0, 0.05) is 13.1 Å². The Labute approximate surface area is 146 Å². The van der Waals surface area contributed by atoms with E-state index in [2.05, 4.69) is 5.32 Å². The van der Waals surface area contributed by atoms with Gasteiger partial charge in [0.05, 0.1) is 36.1 Å². The third kappa shape index (κ3) is 3.73. The van der Waals surface area contributed by atoms with Gasteiger partial charge in [-0.3, -0.25) is 4.79 Å². The van der Waals surface area contributed by atoms with E-state index in [1.165, 1.54) is 6.07 Å². The van der Waals surface area contributed by atoms with Crippen LogP contribution in [0.5, 0.6) is 0 Å². The number of nitrogens with one attached hydrogen (secondary N) is 1. The molecule has 1 N–H and O–H groups in total. The molecule has 2 aliphatic rings. The number of hydrogen-bond acceptors (Lipinski definition) is 3. The van der Waals surface area contributed by atoms with Crippen LogP contribution in [-0.2, 0) is 15.7 Å². The maximum absolute atomic E-state index is 13.0.